The van der Waals surface area contributed by atoms with Gasteiger partial charge >= 0.3 is 0 Å². The molecule has 1 amide bonds. The zero-order valence-corrected chi connectivity index (χ0v) is 19.1. The van der Waals surface area contributed by atoms with Crippen LogP contribution in [0, 0.1) is 18.3 Å². The van der Waals surface area contributed by atoms with Crippen LogP contribution >= 0.6 is 0 Å². The van der Waals surface area contributed by atoms with Gasteiger partial charge < -0.3 is 14.9 Å². The van der Waals surface area contributed by atoms with Gasteiger partial charge in [-0.25, -0.2) is 15.0 Å². The molecule has 4 rings (SSSR count). The van der Waals surface area contributed by atoms with Gasteiger partial charge in [0.15, 0.2) is 5.69 Å². The van der Waals surface area contributed by atoms with Gasteiger partial charge in [-0.2, -0.15) is 5.26 Å². The smallest absolute Gasteiger partial charge is 0.296 e. The predicted octanol–water partition coefficient (Wildman–Crippen LogP) is 2.63. The maximum absolute atomic E-state index is 12.9. The van der Waals surface area contributed by atoms with Crippen molar-refractivity contribution in [2.75, 3.05) is 5.32 Å². The van der Waals surface area contributed by atoms with Gasteiger partial charge in [0.25, 0.3) is 11.5 Å². The van der Waals surface area contributed by atoms with E-state index in [1.807, 2.05) is 19.1 Å². The van der Waals surface area contributed by atoms with Crippen molar-refractivity contribution in [2.45, 2.75) is 25.7 Å². The fraction of sp³-hybridized carbons (Fsp3) is 0.208. The number of amides is 1. The molecule has 0 aliphatic rings. The summed E-state index contributed by atoms with van der Waals surface area (Å²) in [5, 5.41) is 26.1. The molecule has 2 atom stereocenters. The lowest BCUT2D eigenvalue weighted by Crippen LogP contribution is -2.29. The highest BCUT2D eigenvalue weighted by atomic mass is 16.5. The number of carbonyl (C=O) groups is 1. The van der Waals surface area contributed by atoms with Gasteiger partial charge in [0, 0.05) is 31.3 Å². The van der Waals surface area contributed by atoms with Crippen LogP contribution in [-0.4, -0.2) is 35.7 Å². The highest BCUT2D eigenvalue weighted by Gasteiger charge is 2.31. The van der Waals surface area contributed by atoms with Crippen molar-refractivity contribution >= 4 is 11.6 Å². The van der Waals surface area contributed by atoms with Crippen molar-refractivity contribution in [1.82, 2.24) is 24.7 Å². The summed E-state index contributed by atoms with van der Waals surface area (Å²) in [6, 6.07) is 9.29. The van der Waals surface area contributed by atoms with E-state index in [9.17, 15) is 20.0 Å². The first kappa shape index (κ1) is 23.3. The van der Waals surface area contributed by atoms with Gasteiger partial charge in [0.2, 0.25) is 5.75 Å². The summed E-state index contributed by atoms with van der Waals surface area (Å²) in [5.74, 6) is -1.80. The van der Waals surface area contributed by atoms with E-state index in [4.69, 9.17) is 4.52 Å². The molecule has 0 spiro atoms. The Morgan fingerprint density at radius 3 is 2.60 bits per heavy atom. The van der Waals surface area contributed by atoms with Gasteiger partial charge in [-0.05, 0) is 24.1 Å². The number of aryl methyl sites for hydroxylation is 1. The number of aromatic hydroxyl groups is 1. The van der Waals surface area contributed by atoms with Gasteiger partial charge in [-0.1, -0.05) is 30.3 Å². The average Bonchev–Trinajstić information content (AvgIpc) is 3.37. The molecular weight excluding hydrogens is 450 g/mol. The molecule has 0 fully saturated rings. The second-order valence-electron chi connectivity index (χ2n) is 7.93. The molecule has 3 heterocycles. The lowest BCUT2D eigenvalue weighted by atomic mass is 9.80. The van der Waals surface area contributed by atoms with E-state index in [2.05, 4.69) is 31.5 Å². The first-order valence-corrected chi connectivity index (χ1v) is 10.6. The predicted molar refractivity (Wildman–Crippen MR) is 124 cm³/mol. The zero-order chi connectivity index (χ0) is 25.1. The molecule has 0 bridgehead atoms. The molecule has 0 radical (unpaired) electrons. The van der Waals surface area contributed by atoms with Crippen LogP contribution in [0.2, 0.25) is 0 Å². The minimum atomic E-state index is -0.801. The van der Waals surface area contributed by atoms with Crippen molar-refractivity contribution in [2.24, 2.45) is 7.05 Å². The summed E-state index contributed by atoms with van der Waals surface area (Å²) in [6.07, 6.45) is 5.79. The molecule has 11 nitrogen and oxygen atoms in total. The largest absolute Gasteiger partial charge is 0.501 e. The molecule has 0 saturated carbocycles. The number of aromatic nitrogens is 5. The Morgan fingerprint density at radius 2 is 1.94 bits per heavy atom. The lowest BCUT2D eigenvalue weighted by Gasteiger charge is -2.26. The first-order chi connectivity index (χ1) is 16.8. The molecule has 4 aromatic rings. The van der Waals surface area contributed by atoms with Gasteiger partial charge in [0.1, 0.15) is 23.6 Å². The molecular formula is C24H21N7O4. The van der Waals surface area contributed by atoms with Crippen LogP contribution in [-0.2, 0) is 7.05 Å². The first-order valence-electron chi connectivity index (χ1n) is 10.6. The minimum Gasteiger partial charge on any atom is -0.501 e. The lowest BCUT2D eigenvalue weighted by molar-refractivity contribution is 0.101. The van der Waals surface area contributed by atoms with Crippen LogP contribution in [0.3, 0.4) is 0 Å². The number of nitrogens with one attached hydrogen (secondary N) is 1. The Morgan fingerprint density at radius 1 is 1.23 bits per heavy atom. The SMILES string of the molecule is Cc1ncc([C@H](c2ccccc2C#N)[C@@H](C)c2nc(C(=O)Nc3cnoc3)c(O)c(=O)n2C)cn1. The summed E-state index contributed by atoms with van der Waals surface area (Å²) in [5.41, 5.74) is 0.841. The summed E-state index contributed by atoms with van der Waals surface area (Å²) in [7, 11) is 1.46. The van der Waals surface area contributed by atoms with E-state index in [0.29, 0.717) is 22.5 Å². The van der Waals surface area contributed by atoms with Crippen LogP contribution in [0.1, 0.15) is 57.6 Å². The van der Waals surface area contributed by atoms with E-state index in [-0.39, 0.29) is 11.5 Å². The van der Waals surface area contributed by atoms with E-state index in [1.54, 1.807) is 31.5 Å². The molecule has 176 valence electrons. The zero-order valence-electron chi connectivity index (χ0n) is 19.1. The van der Waals surface area contributed by atoms with Crippen LogP contribution in [0.5, 0.6) is 5.75 Å². The Labute approximate surface area is 199 Å². The van der Waals surface area contributed by atoms with Crippen LogP contribution in [0.4, 0.5) is 5.69 Å². The second-order valence-corrected chi connectivity index (χ2v) is 7.93. The fourth-order valence-corrected chi connectivity index (χ4v) is 3.95. The number of hydrogen-bond donors (Lipinski definition) is 2. The number of hydrogen-bond acceptors (Lipinski definition) is 9. The van der Waals surface area contributed by atoms with E-state index in [1.165, 1.54) is 24.1 Å². The van der Waals surface area contributed by atoms with Crippen molar-refractivity contribution < 1.29 is 14.4 Å². The molecule has 0 saturated heterocycles. The van der Waals surface area contributed by atoms with Crippen LogP contribution in [0.15, 0.2) is 58.4 Å². The summed E-state index contributed by atoms with van der Waals surface area (Å²) >= 11 is 0. The molecule has 3 aromatic heterocycles. The van der Waals surface area contributed by atoms with Gasteiger partial charge in [-0.15, -0.1) is 0 Å². The van der Waals surface area contributed by atoms with E-state index < -0.39 is 34.7 Å². The summed E-state index contributed by atoms with van der Waals surface area (Å²) in [6.45, 7) is 3.58. The maximum Gasteiger partial charge on any atom is 0.296 e. The van der Waals surface area contributed by atoms with Gasteiger partial charge in [-0.3, -0.25) is 14.2 Å². The molecule has 0 unspecified atom stereocenters. The number of anilines is 1. The highest BCUT2D eigenvalue weighted by molar-refractivity contribution is 6.04. The van der Waals surface area contributed by atoms with Crippen molar-refractivity contribution in [3.8, 4) is 11.8 Å². The molecule has 2 N–H and O–H groups in total. The Balaban J connectivity index is 1.86. The van der Waals surface area contributed by atoms with Crippen molar-refractivity contribution in [1.29, 1.82) is 5.26 Å². The van der Waals surface area contributed by atoms with Crippen molar-refractivity contribution in [3.05, 3.63) is 93.5 Å². The number of benzene rings is 1. The highest BCUT2D eigenvalue weighted by Crippen LogP contribution is 2.38. The van der Waals surface area contributed by atoms with E-state index in [0.717, 1.165) is 0 Å². The van der Waals surface area contributed by atoms with Crippen molar-refractivity contribution in [3.63, 3.8) is 0 Å². The number of rotatable bonds is 6. The number of nitriles is 1. The van der Waals surface area contributed by atoms with E-state index >= 15 is 0 Å². The number of carbonyl (C=O) groups excluding carboxylic acids is 1. The Hall–Kier alpha value is -4.85. The average molecular weight is 471 g/mol. The third-order valence-corrected chi connectivity index (χ3v) is 5.69. The third kappa shape index (κ3) is 4.49. The molecule has 11 heteroatoms. The summed E-state index contributed by atoms with van der Waals surface area (Å²) in [4.78, 5) is 38.7. The molecule has 1 aromatic carbocycles. The Bertz CT molecular complexity index is 1470. The monoisotopic (exact) mass is 471 g/mol. The molecule has 0 aliphatic heterocycles. The molecule has 0 aliphatic carbocycles. The standard InChI is InChI=1S/C24H21N7O4/c1-13(19(16-9-26-14(2)27-10-16)18-7-5-4-6-15(18)8-25)22-30-20(21(32)24(34)31(22)3)23(33)29-17-11-28-35-12-17/h4-7,9-13,19,32H,1-3H3,(H,29,33)/t13-,19-/m1/s1. The third-order valence-electron chi connectivity index (χ3n) is 5.69. The normalized spacial score (nSPS) is 12.5. The maximum atomic E-state index is 12.9. The van der Waals surface area contributed by atoms with Crippen LogP contribution in [0.25, 0.3) is 0 Å². The summed E-state index contributed by atoms with van der Waals surface area (Å²) < 4.78 is 5.88. The molecule has 35 heavy (non-hydrogen) atoms. The minimum absolute atomic E-state index is 0.224. The van der Waals surface area contributed by atoms with Crippen LogP contribution < -0.4 is 10.9 Å². The quantitative estimate of drug-likeness (QED) is 0.431. The van der Waals surface area contributed by atoms with Gasteiger partial charge in [0.05, 0.1) is 17.8 Å². The topological polar surface area (TPSA) is 160 Å². The fourth-order valence-electron chi connectivity index (χ4n) is 3.95. The number of nitrogens with zero attached hydrogens (tertiary/aromatic N) is 6. The Kier molecular flexibility index (Phi) is 6.37. The second kappa shape index (κ2) is 9.56.